The predicted octanol–water partition coefficient (Wildman–Crippen LogP) is 3.57. The molecule has 6 unspecified atom stereocenters. The van der Waals surface area contributed by atoms with Crippen molar-refractivity contribution in [2.75, 3.05) is 7.11 Å². The van der Waals surface area contributed by atoms with Crippen molar-refractivity contribution in [2.45, 2.75) is 176 Å². The summed E-state index contributed by atoms with van der Waals surface area (Å²) in [4.78, 5) is 27.2. The first-order chi connectivity index (χ1) is 22.0. The van der Waals surface area contributed by atoms with Gasteiger partial charge in [0.25, 0.3) is 0 Å². The molecule has 0 amide bonds. The molecule has 0 saturated carbocycles. The lowest BCUT2D eigenvalue weighted by Crippen LogP contribution is -2.57. The van der Waals surface area contributed by atoms with Gasteiger partial charge in [0.2, 0.25) is 0 Å². The molecule has 48 heavy (non-hydrogen) atoms. The van der Waals surface area contributed by atoms with Gasteiger partial charge in [-0.25, -0.2) is 0 Å². The molecule has 0 aromatic rings. The van der Waals surface area contributed by atoms with E-state index in [9.17, 15) is 30.0 Å². The van der Waals surface area contributed by atoms with Gasteiger partial charge in [0.1, 0.15) is 18.0 Å². The molecule has 16 atom stereocenters. The van der Waals surface area contributed by atoms with Crippen LogP contribution in [0.25, 0.3) is 0 Å². The standard InChI is InChI=1S/C34H63NO11.C2H6/c1-16-13-24(36)17(2)14-34(11,41)30(46-32(42-12)27(38)21(6)35)19(4)28(20(5)31(40)44-22(7)18(3)26(16)37)45-25-15-33(9,10)29(39)23(8)43-25;1-2/h16-23,25-30,32,37-39,41H,13-15,35H2,1-12H3;1-2H3/t16?,17-,18+,19+,20?,21?,22-,23?,25+,26?,27-,28+,29+,30-,32?,34-;/m1./s1. The van der Waals surface area contributed by atoms with E-state index in [-0.39, 0.29) is 18.6 Å². The summed E-state index contributed by atoms with van der Waals surface area (Å²) in [5.41, 5.74) is 3.71. The van der Waals surface area contributed by atoms with Crippen LogP contribution in [0.2, 0.25) is 0 Å². The molecule has 2 aliphatic heterocycles. The predicted molar refractivity (Wildman–Crippen MR) is 183 cm³/mol. The first-order valence-electron chi connectivity index (χ1n) is 17.8. The zero-order valence-corrected chi connectivity index (χ0v) is 32.0. The van der Waals surface area contributed by atoms with Crippen molar-refractivity contribution in [1.82, 2.24) is 0 Å². The third kappa shape index (κ3) is 11.4. The van der Waals surface area contributed by atoms with Crippen molar-refractivity contribution in [3.8, 4) is 0 Å². The fourth-order valence-electron chi connectivity index (χ4n) is 6.99. The van der Waals surface area contributed by atoms with E-state index in [0.29, 0.717) is 6.42 Å². The van der Waals surface area contributed by atoms with Crippen molar-refractivity contribution in [2.24, 2.45) is 40.7 Å². The molecule has 2 rings (SSSR count). The number of carbonyl (C=O) groups excluding carboxylic acids is 2. The molecule has 2 aliphatic rings. The SMILES string of the molecule is CC.COC(O[C@@H]1[C@@H](C)[C@H](O[C@H]2CC(C)(C)[C@@H](O)C(C)O2)C(C)C(=O)O[C@H](C)[C@H](C)C(O)C(C)CC(=O)[C@H](C)C[C@@]1(C)O)[C@H](O)C(C)N. The van der Waals surface area contributed by atoms with Crippen LogP contribution in [0.15, 0.2) is 0 Å². The number of methoxy groups -OCH3 is 1. The van der Waals surface area contributed by atoms with E-state index in [4.69, 9.17) is 29.4 Å². The molecular weight excluding hydrogens is 622 g/mol. The summed E-state index contributed by atoms with van der Waals surface area (Å²) in [6.07, 6.45) is -8.01. The van der Waals surface area contributed by atoms with Crippen LogP contribution in [-0.2, 0) is 33.3 Å². The van der Waals surface area contributed by atoms with Crippen LogP contribution >= 0.6 is 0 Å². The van der Waals surface area contributed by atoms with Gasteiger partial charge < -0.3 is 49.8 Å². The Hall–Kier alpha value is -1.22. The number of Topliss-reactive ketones (excluding diaryl/α,β-unsaturated/α-hetero) is 1. The summed E-state index contributed by atoms with van der Waals surface area (Å²) in [7, 11) is 1.35. The molecule has 0 radical (unpaired) electrons. The highest BCUT2D eigenvalue weighted by Crippen LogP contribution is 2.40. The van der Waals surface area contributed by atoms with Crippen LogP contribution in [0.4, 0.5) is 0 Å². The van der Waals surface area contributed by atoms with Gasteiger partial charge in [-0.1, -0.05) is 55.4 Å². The van der Waals surface area contributed by atoms with E-state index in [2.05, 4.69) is 0 Å². The first-order valence-corrected chi connectivity index (χ1v) is 17.8. The minimum absolute atomic E-state index is 0.0257. The molecule has 0 aliphatic carbocycles. The number of carbonyl (C=O) groups is 2. The second kappa shape index (κ2) is 18.9. The Morgan fingerprint density at radius 2 is 1.50 bits per heavy atom. The zero-order chi connectivity index (χ0) is 37.5. The molecule has 2 heterocycles. The molecule has 6 N–H and O–H groups in total. The van der Waals surface area contributed by atoms with Crippen molar-refractivity contribution in [3.63, 3.8) is 0 Å². The quantitative estimate of drug-likeness (QED) is 0.193. The average Bonchev–Trinajstić information content (AvgIpc) is 3.01. The Balaban J connectivity index is 0.00000565. The van der Waals surface area contributed by atoms with Gasteiger partial charge in [0, 0.05) is 43.7 Å². The number of hydrogen-bond donors (Lipinski definition) is 5. The van der Waals surface area contributed by atoms with Gasteiger partial charge in [0.15, 0.2) is 12.6 Å². The maximum absolute atomic E-state index is 13.8. The molecule has 12 heteroatoms. The molecule has 284 valence electrons. The minimum Gasteiger partial charge on any atom is -0.462 e. The largest absolute Gasteiger partial charge is 0.462 e. The minimum atomic E-state index is -1.70. The van der Waals surface area contributed by atoms with Crippen molar-refractivity contribution in [1.29, 1.82) is 0 Å². The molecule has 0 aromatic carbocycles. The number of ketones is 1. The van der Waals surface area contributed by atoms with E-state index >= 15 is 0 Å². The summed E-state index contributed by atoms with van der Waals surface area (Å²) in [5.74, 6) is -3.94. The third-order valence-electron chi connectivity index (χ3n) is 10.4. The normalized spacial score (nSPS) is 42.2. The van der Waals surface area contributed by atoms with E-state index < -0.39 is 108 Å². The third-order valence-corrected chi connectivity index (χ3v) is 10.4. The maximum atomic E-state index is 13.8. The Morgan fingerprint density at radius 1 is 0.938 bits per heavy atom. The van der Waals surface area contributed by atoms with Crippen LogP contribution in [0, 0.1) is 35.0 Å². The van der Waals surface area contributed by atoms with Gasteiger partial charge in [-0.15, -0.1) is 0 Å². The Morgan fingerprint density at radius 3 is 2.00 bits per heavy atom. The monoisotopic (exact) mass is 691 g/mol. The summed E-state index contributed by atoms with van der Waals surface area (Å²) in [5, 5.41) is 44.8. The first kappa shape index (κ1) is 44.8. The summed E-state index contributed by atoms with van der Waals surface area (Å²) >= 11 is 0. The highest BCUT2D eigenvalue weighted by Gasteiger charge is 2.50. The van der Waals surface area contributed by atoms with E-state index in [1.807, 2.05) is 27.7 Å². The van der Waals surface area contributed by atoms with Gasteiger partial charge in [-0.3, -0.25) is 9.59 Å². The Kier molecular flexibility index (Phi) is 17.6. The molecular formula is C36H69NO11. The maximum Gasteiger partial charge on any atom is 0.311 e. The highest BCUT2D eigenvalue weighted by atomic mass is 16.7. The van der Waals surface area contributed by atoms with E-state index in [1.54, 1.807) is 62.3 Å². The number of hydrogen-bond acceptors (Lipinski definition) is 12. The summed E-state index contributed by atoms with van der Waals surface area (Å²) < 4.78 is 30.4. The van der Waals surface area contributed by atoms with Crippen LogP contribution in [-0.4, -0.2) is 106 Å². The highest BCUT2D eigenvalue weighted by molar-refractivity contribution is 5.81. The number of cyclic esters (lactones) is 1. The summed E-state index contributed by atoms with van der Waals surface area (Å²) in [6.45, 7) is 23.1. The molecule has 2 fully saturated rings. The summed E-state index contributed by atoms with van der Waals surface area (Å²) in [6, 6.07) is -0.740. The van der Waals surface area contributed by atoms with Gasteiger partial charge >= 0.3 is 5.97 Å². The van der Waals surface area contributed by atoms with Crippen LogP contribution in [0.3, 0.4) is 0 Å². The van der Waals surface area contributed by atoms with Crippen LogP contribution in [0.1, 0.15) is 109 Å². The number of nitrogens with two attached hydrogens (primary N) is 1. The van der Waals surface area contributed by atoms with E-state index in [0.717, 1.165) is 0 Å². The Bertz CT molecular complexity index is 991. The fourth-order valence-corrected chi connectivity index (χ4v) is 6.99. The van der Waals surface area contributed by atoms with Crippen LogP contribution in [0.5, 0.6) is 0 Å². The van der Waals surface area contributed by atoms with Crippen molar-refractivity contribution in [3.05, 3.63) is 0 Å². The molecule has 0 bridgehead atoms. The molecule has 0 spiro atoms. The Labute approximate surface area is 289 Å². The van der Waals surface area contributed by atoms with Gasteiger partial charge in [0.05, 0.1) is 42.0 Å². The second-order valence-corrected chi connectivity index (χ2v) is 15.3. The number of esters is 1. The lowest BCUT2D eigenvalue weighted by molar-refractivity contribution is -0.295. The average molecular weight is 692 g/mol. The lowest BCUT2D eigenvalue weighted by Gasteiger charge is -2.47. The molecule has 2 saturated heterocycles. The van der Waals surface area contributed by atoms with Crippen LogP contribution < -0.4 is 5.73 Å². The number of aliphatic hydroxyl groups excluding tert-OH is 3. The lowest BCUT2D eigenvalue weighted by atomic mass is 9.76. The van der Waals surface area contributed by atoms with Gasteiger partial charge in [-0.05, 0) is 52.4 Å². The number of ether oxygens (including phenoxy) is 5. The zero-order valence-electron chi connectivity index (χ0n) is 32.0. The second-order valence-electron chi connectivity index (χ2n) is 15.3. The topological polar surface area (TPSA) is 187 Å². The molecule has 0 aromatic heterocycles. The molecule has 12 nitrogen and oxygen atoms in total. The van der Waals surface area contributed by atoms with Crippen molar-refractivity contribution >= 4 is 11.8 Å². The number of aliphatic hydroxyl groups is 4. The van der Waals surface area contributed by atoms with E-state index in [1.165, 1.54) is 7.11 Å². The van der Waals surface area contributed by atoms with Crippen molar-refractivity contribution < 1.29 is 53.7 Å². The number of rotatable bonds is 7. The smallest absolute Gasteiger partial charge is 0.311 e. The van der Waals surface area contributed by atoms with Gasteiger partial charge in [-0.2, -0.15) is 0 Å². The fraction of sp³-hybridized carbons (Fsp3) is 0.944.